The Balaban J connectivity index is 2.18. The van der Waals surface area contributed by atoms with Crippen LogP contribution in [0, 0.1) is 5.41 Å². The predicted molar refractivity (Wildman–Crippen MR) is 84.6 cm³/mol. The second-order valence-electron chi connectivity index (χ2n) is 5.76. The molecule has 1 heterocycles. The van der Waals surface area contributed by atoms with Gasteiger partial charge in [-0.25, -0.2) is 0 Å². The normalized spacial score (nSPS) is 19.7. The molecule has 2 rings (SSSR count). The van der Waals surface area contributed by atoms with Crippen LogP contribution in [0.25, 0.3) is 0 Å². The number of rotatable bonds is 4. The van der Waals surface area contributed by atoms with Gasteiger partial charge in [-0.15, -0.1) is 0 Å². The van der Waals surface area contributed by atoms with Crippen molar-refractivity contribution in [1.82, 2.24) is 0 Å². The fourth-order valence-electron chi connectivity index (χ4n) is 3.03. The number of anilines is 1. The van der Waals surface area contributed by atoms with Crippen molar-refractivity contribution in [3.8, 4) is 0 Å². The van der Waals surface area contributed by atoms with E-state index in [1.807, 2.05) is 6.07 Å². The molecule has 1 N–H and O–H groups in total. The molecule has 1 saturated heterocycles. The van der Waals surface area contributed by atoms with E-state index in [4.69, 9.17) is 0 Å². The molecule has 0 spiro atoms. The molecule has 1 unspecified atom stereocenters. The van der Waals surface area contributed by atoms with E-state index < -0.39 is 6.10 Å². The highest BCUT2D eigenvalue weighted by atomic mass is 79.9. The molecule has 0 aromatic heterocycles. The van der Waals surface area contributed by atoms with E-state index in [1.54, 1.807) is 6.92 Å². The van der Waals surface area contributed by atoms with E-state index in [9.17, 15) is 5.11 Å². The summed E-state index contributed by atoms with van der Waals surface area (Å²) in [6, 6.07) is 6.31. The molecule has 2 nitrogen and oxygen atoms in total. The van der Waals surface area contributed by atoms with Gasteiger partial charge in [-0.1, -0.05) is 35.8 Å². The number of benzene rings is 1. The predicted octanol–water partition coefficient (Wildman–Crippen LogP) is 4.52. The smallest absolute Gasteiger partial charge is 0.0772 e. The Hall–Kier alpha value is -0.540. The molecule has 106 valence electrons. The third-order valence-electron chi connectivity index (χ3n) is 4.74. The lowest BCUT2D eigenvalue weighted by Gasteiger charge is -2.27. The molecule has 3 heteroatoms. The molecule has 0 radical (unpaired) electrons. The Kier molecular flexibility index (Phi) is 4.57. The zero-order valence-corrected chi connectivity index (χ0v) is 13.7. The van der Waals surface area contributed by atoms with Crippen LogP contribution < -0.4 is 4.90 Å². The summed E-state index contributed by atoms with van der Waals surface area (Å²) in [7, 11) is 0. The van der Waals surface area contributed by atoms with Crippen molar-refractivity contribution in [3.05, 3.63) is 28.2 Å². The van der Waals surface area contributed by atoms with E-state index in [1.165, 1.54) is 24.9 Å². The van der Waals surface area contributed by atoms with Crippen molar-refractivity contribution in [1.29, 1.82) is 0 Å². The molecule has 0 bridgehead atoms. The van der Waals surface area contributed by atoms with Crippen molar-refractivity contribution >= 4 is 21.6 Å². The van der Waals surface area contributed by atoms with Crippen molar-refractivity contribution < 1.29 is 5.11 Å². The number of aliphatic hydroxyl groups excluding tert-OH is 1. The Bertz CT molecular complexity index is 440. The molecular formula is C16H24BrNO. The number of halogens is 1. The van der Waals surface area contributed by atoms with E-state index in [-0.39, 0.29) is 0 Å². The molecule has 1 atom stereocenters. The van der Waals surface area contributed by atoms with Gasteiger partial charge in [-0.3, -0.25) is 0 Å². The van der Waals surface area contributed by atoms with Crippen LogP contribution in [-0.4, -0.2) is 18.2 Å². The minimum Gasteiger partial charge on any atom is -0.389 e. The van der Waals surface area contributed by atoms with Gasteiger partial charge in [-0.2, -0.15) is 0 Å². The highest BCUT2D eigenvalue weighted by molar-refractivity contribution is 9.10. The summed E-state index contributed by atoms with van der Waals surface area (Å²) >= 11 is 3.57. The lowest BCUT2D eigenvalue weighted by molar-refractivity contribution is 0.198. The Morgan fingerprint density at radius 2 is 2.05 bits per heavy atom. The van der Waals surface area contributed by atoms with Gasteiger partial charge in [0.05, 0.1) is 6.10 Å². The van der Waals surface area contributed by atoms with Crippen molar-refractivity contribution in [2.45, 2.75) is 46.1 Å². The van der Waals surface area contributed by atoms with Gasteiger partial charge in [0, 0.05) is 23.2 Å². The van der Waals surface area contributed by atoms with Gasteiger partial charge >= 0.3 is 0 Å². The molecular weight excluding hydrogens is 302 g/mol. The standard InChI is InChI=1S/C16H24BrNO/c1-4-16(5-2)8-9-18(11-16)13-6-7-14(12(3)19)15(17)10-13/h6-7,10,12,19H,4-5,8-9,11H2,1-3H3. The van der Waals surface area contributed by atoms with Gasteiger partial charge in [0.25, 0.3) is 0 Å². The van der Waals surface area contributed by atoms with Gasteiger partial charge in [0.2, 0.25) is 0 Å². The third kappa shape index (κ3) is 2.97. The van der Waals surface area contributed by atoms with E-state index in [0.717, 1.165) is 23.1 Å². The number of aliphatic hydroxyl groups is 1. The zero-order chi connectivity index (χ0) is 14.0. The Morgan fingerprint density at radius 3 is 2.53 bits per heavy atom. The maximum Gasteiger partial charge on any atom is 0.0772 e. The quantitative estimate of drug-likeness (QED) is 0.879. The molecule has 19 heavy (non-hydrogen) atoms. The summed E-state index contributed by atoms with van der Waals surface area (Å²) in [5, 5.41) is 9.68. The summed E-state index contributed by atoms with van der Waals surface area (Å²) in [6.07, 6.45) is 3.38. The Morgan fingerprint density at radius 1 is 1.37 bits per heavy atom. The summed E-state index contributed by atoms with van der Waals surface area (Å²) in [5.74, 6) is 0. The number of nitrogens with zero attached hydrogens (tertiary/aromatic N) is 1. The third-order valence-corrected chi connectivity index (χ3v) is 5.42. The van der Waals surface area contributed by atoms with Gasteiger partial charge in [0.15, 0.2) is 0 Å². The molecule has 1 fully saturated rings. The van der Waals surface area contributed by atoms with E-state index in [0.29, 0.717) is 5.41 Å². The monoisotopic (exact) mass is 325 g/mol. The molecule has 1 aliphatic rings. The van der Waals surface area contributed by atoms with Crippen LogP contribution >= 0.6 is 15.9 Å². The first-order valence-corrected chi connectivity index (χ1v) is 8.03. The van der Waals surface area contributed by atoms with Crippen LogP contribution in [0.15, 0.2) is 22.7 Å². The summed E-state index contributed by atoms with van der Waals surface area (Å²) in [4.78, 5) is 2.48. The molecule has 0 saturated carbocycles. The van der Waals surface area contributed by atoms with Crippen molar-refractivity contribution in [3.63, 3.8) is 0 Å². The van der Waals surface area contributed by atoms with Crippen molar-refractivity contribution in [2.75, 3.05) is 18.0 Å². The molecule has 0 aliphatic carbocycles. The van der Waals surface area contributed by atoms with E-state index >= 15 is 0 Å². The lowest BCUT2D eigenvalue weighted by Crippen LogP contribution is -2.26. The highest BCUT2D eigenvalue weighted by Crippen LogP contribution is 2.40. The van der Waals surface area contributed by atoms with Crippen LogP contribution in [0.4, 0.5) is 5.69 Å². The van der Waals surface area contributed by atoms with Crippen LogP contribution in [0.2, 0.25) is 0 Å². The minimum absolute atomic E-state index is 0.424. The molecule has 0 amide bonds. The van der Waals surface area contributed by atoms with Crippen LogP contribution in [-0.2, 0) is 0 Å². The maximum atomic E-state index is 9.68. The van der Waals surface area contributed by atoms with E-state index in [2.05, 4.69) is 46.8 Å². The molecule has 1 aromatic carbocycles. The SMILES string of the molecule is CCC1(CC)CCN(c2ccc(C(C)O)c(Br)c2)C1. The molecule has 1 aliphatic heterocycles. The number of hydrogen-bond donors (Lipinski definition) is 1. The largest absolute Gasteiger partial charge is 0.389 e. The topological polar surface area (TPSA) is 23.5 Å². The van der Waals surface area contributed by atoms with Gasteiger partial charge < -0.3 is 10.0 Å². The van der Waals surface area contributed by atoms with Gasteiger partial charge in [-0.05, 0) is 49.3 Å². The average molecular weight is 326 g/mol. The lowest BCUT2D eigenvalue weighted by atomic mass is 9.82. The summed E-state index contributed by atoms with van der Waals surface area (Å²) < 4.78 is 1.01. The molecule has 1 aromatic rings. The summed E-state index contributed by atoms with van der Waals surface area (Å²) in [6.45, 7) is 8.70. The zero-order valence-electron chi connectivity index (χ0n) is 12.1. The van der Waals surface area contributed by atoms with Crippen LogP contribution in [0.5, 0.6) is 0 Å². The first kappa shape index (κ1) is 14.9. The average Bonchev–Trinajstić information content (AvgIpc) is 2.83. The fraction of sp³-hybridized carbons (Fsp3) is 0.625. The van der Waals surface area contributed by atoms with Crippen molar-refractivity contribution in [2.24, 2.45) is 5.41 Å². The highest BCUT2D eigenvalue weighted by Gasteiger charge is 2.35. The van der Waals surface area contributed by atoms with Crippen LogP contribution in [0.1, 0.15) is 51.7 Å². The minimum atomic E-state index is -0.424. The van der Waals surface area contributed by atoms with Gasteiger partial charge in [0.1, 0.15) is 0 Å². The first-order valence-electron chi connectivity index (χ1n) is 7.24. The fourth-order valence-corrected chi connectivity index (χ4v) is 3.73. The second kappa shape index (κ2) is 5.84. The maximum absolute atomic E-state index is 9.68. The second-order valence-corrected chi connectivity index (χ2v) is 6.61. The number of hydrogen-bond acceptors (Lipinski definition) is 2. The van der Waals surface area contributed by atoms with Crippen LogP contribution in [0.3, 0.4) is 0 Å². The summed E-state index contributed by atoms with van der Waals surface area (Å²) in [5.41, 5.74) is 2.72. The first-order chi connectivity index (χ1) is 9.01. The Labute approximate surface area is 124 Å².